The first kappa shape index (κ1) is 14.5. The van der Waals surface area contributed by atoms with Gasteiger partial charge in [-0.2, -0.15) is 0 Å². The second-order valence-electron chi connectivity index (χ2n) is 4.17. The van der Waals surface area contributed by atoms with Crippen LogP contribution in [0.2, 0.25) is 0 Å². The molecule has 108 valence electrons. The number of amides is 2. The summed E-state index contributed by atoms with van der Waals surface area (Å²) in [5.41, 5.74) is 0. The highest BCUT2D eigenvalue weighted by atomic mass is 32.1. The third kappa shape index (κ3) is 2.81. The number of ether oxygens (including phenoxy) is 1. The summed E-state index contributed by atoms with van der Waals surface area (Å²) in [5, 5.41) is 11.4. The summed E-state index contributed by atoms with van der Waals surface area (Å²) in [7, 11) is 1.49. The summed E-state index contributed by atoms with van der Waals surface area (Å²) in [6, 6.07) is 2.17. The molecule has 2 heterocycles. The zero-order valence-electron chi connectivity index (χ0n) is 10.8. The molecule has 1 saturated heterocycles. The van der Waals surface area contributed by atoms with Gasteiger partial charge in [0.1, 0.15) is 10.9 Å². The Morgan fingerprint density at radius 3 is 2.70 bits per heavy atom. The Balaban J connectivity index is 2.20. The van der Waals surface area contributed by atoms with Gasteiger partial charge in [0.2, 0.25) is 5.91 Å². The summed E-state index contributed by atoms with van der Waals surface area (Å²) < 4.78 is 5.22. The average molecular weight is 298 g/mol. The molecule has 2 amide bonds. The number of rotatable bonds is 3. The van der Waals surface area contributed by atoms with Crippen LogP contribution in [0.25, 0.3) is 0 Å². The number of hydrogen-bond donors (Lipinski definition) is 2. The van der Waals surface area contributed by atoms with Gasteiger partial charge in [-0.3, -0.25) is 9.59 Å². The first-order valence-corrected chi connectivity index (χ1v) is 6.79. The molecule has 20 heavy (non-hydrogen) atoms. The van der Waals surface area contributed by atoms with Crippen molar-refractivity contribution in [2.75, 3.05) is 26.8 Å². The number of aromatic carboxylic acids is 1. The normalized spacial score (nSPS) is 18.6. The van der Waals surface area contributed by atoms with E-state index in [-0.39, 0.29) is 23.3 Å². The largest absolute Gasteiger partial charge is 0.477 e. The number of carboxylic acids is 1. The van der Waals surface area contributed by atoms with Gasteiger partial charge in [0.05, 0.1) is 18.1 Å². The molecular weight excluding hydrogens is 284 g/mol. The quantitative estimate of drug-likeness (QED) is 0.821. The van der Waals surface area contributed by atoms with E-state index in [1.807, 2.05) is 0 Å². The van der Waals surface area contributed by atoms with Crippen molar-refractivity contribution in [3.8, 4) is 0 Å². The zero-order valence-corrected chi connectivity index (χ0v) is 11.6. The maximum absolute atomic E-state index is 12.4. The molecule has 8 heteroatoms. The molecule has 1 aliphatic rings. The maximum atomic E-state index is 12.4. The Kier molecular flexibility index (Phi) is 4.35. The van der Waals surface area contributed by atoms with E-state index in [0.29, 0.717) is 18.0 Å². The van der Waals surface area contributed by atoms with Crippen LogP contribution in [0.3, 0.4) is 0 Å². The number of carboxylic acid groups (broad SMARTS) is 1. The highest BCUT2D eigenvalue weighted by Gasteiger charge is 2.33. The minimum absolute atomic E-state index is 0.0955. The van der Waals surface area contributed by atoms with Crippen molar-refractivity contribution in [1.29, 1.82) is 0 Å². The molecule has 0 radical (unpaired) electrons. The van der Waals surface area contributed by atoms with Crippen molar-refractivity contribution in [2.24, 2.45) is 0 Å². The predicted molar refractivity (Wildman–Crippen MR) is 71.0 cm³/mol. The lowest BCUT2D eigenvalue weighted by molar-refractivity contribution is -0.130. The van der Waals surface area contributed by atoms with Gasteiger partial charge < -0.3 is 20.1 Å². The van der Waals surface area contributed by atoms with Crippen LogP contribution in [0, 0.1) is 0 Å². The van der Waals surface area contributed by atoms with E-state index in [4.69, 9.17) is 9.84 Å². The minimum Gasteiger partial charge on any atom is -0.477 e. The Hall–Kier alpha value is -1.93. The number of thiophene rings is 1. The van der Waals surface area contributed by atoms with Crippen LogP contribution in [0.5, 0.6) is 0 Å². The second kappa shape index (κ2) is 6.02. The number of nitrogens with one attached hydrogen (secondary N) is 1. The smallest absolute Gasteiger partial charge is 0.345 e. The number of hydrogen-bond acceptors (Lipinski definition) is 5. The molecule has 0 bridgehead atoms. The lowest BCUT2D eigenvalue weighted by atomic mass is 10.2. The van der Waals surface area contributed by atoms with Gasteiger partial charge in [-0.05, 0) is 12.1 Å². The number of carbonyl (C=O) groups excluding carboxylic acids is 2. The van der Waals surface area contributed by atoms with Gasteiger partial charge in [-0.25, -0.2) is 4.79 Å². The third-order valence-electron chi connectivity index (χ3n) is 2.97. The van der Waals surface area contributed by atoms with Crippen molar-refractivity contribution < 1.29 is 24.2 Å². The van der Waals surface area contributed by atoms with Crippen LogP contribution in [-0.2, 0) is 9.53 Å². The Bertz CT molecular complexity index is 542. The van der Waals surface area contributed by atoms with Crippen molar-refractivity contribution in [2.45, 2.75) is 6.04 Å². The molecule has 1 aliphatic heterocycles. The summed E-state index contributed by atoms with van der Waals surface area (Å²) in [6.45, 7) is 0.802. The minimum atomic E-state index is -1.07. The van der Waals surface area contributed by atoms with E-state index in [0.717, 1.165) is 11.3 Å². The Morgan fingerprint density at radius 2 is 2.10 bits per heavy atom. The number of morpholine rings is 1. The predicted octanol–water partition coefficient (Wildman–Crippen LogP) is 0.0333. The molecule has 0 saturated carbocycles. The van der Waals surface area contributed by atoms with E-state index < -0.39 is 12.0 Å². The van der Waals surface area contributed by atoms with Crippen molar-refractivity contribution >= 4 is 29.1 Å². The first-order valence-electron chi connectivity index (χ1n) is 5.98. The molecule has 1 aromatic heterocycles. The summed E-state index contributed by atoms with van der Waals surface area (Å²) in [4.78, 5) is 36.8. The molecular formula is C12H14N2O5S. The van der Waals surface area contributed by atoms with Crippen molar-refractivity contribution in [3.05, 3.63) is 21.9 Å². The van der Waals surface area contributed by atoms with Gasteiger partial charge in [0.15, 0.2) is 0 Å². The van der Waals surface area contributed by atoms with E-state index >= 15 is 0 Å². The van der Waals surface area contributed by atoms with Crippen LogP contribution in [0.4, 0.5) is 0 Å². The Morgan fingerprint density at radius 1 is 1.40 bits per heavy atom. The van der Waals surface area contributed by atoms with E-state index in [2.05, 4.69) is 5.32 Å². The second-order valence-corrected chi connectivity index (χ2v) is 5.26. The monoisotopic (exact) mass is 298 g/mol. The number of carbonyl (C=O) groups is 3. The molecule has 1 unspecified atom stereocenters. The van der Waals surface area contributed by atoms with Gasteiger partial charge >= 0.3 is 5.97 Å². The molecule has 0 aromatic carbocycles. The molecule has 0 spiro atoms. The fraction of sp³-hybridized carbons (Fsp3) is 0.417. The summed E-state index contributed by atoms with van der Waals surface area (Å²) in [5.74, 6) is -1.72. The first-order chi connectivity index (χ1) is 9.54. The molecule has 7 nitrogen and oxygen atoms in total. The van der Waals surface area contributed by atoms with E-state index in [1.54, 1.807) is 0 Å². The van der Waals surface area contributed by atoms with E-state index in [1.165, 1.54) is 24.1 Å². The van der Waals surface area contributed by atoms with Gasteiger partial charge in [-0.15, -0.1) is 11.3 Å². The lowest BCUT2D eigenvalue weighted by Crippen LogP contribution is -2.55. The molecule has 1 aromatic rings. The van der Waals surface area contributed by atoms with Crippen LogP contribution in [0.1, 0.15) is 19.3 Å². The van der Waals surface area contributed by atoms with Crippen LogP contribution < -0.4 is 5.32 Å². The third-order valence-corrected chi connectivity index (χ3v) is 4.03. The average Bonchev–Trinajstić information content (AvgIpc) is 2.95. The topological polar surface area (TPSA) is 95.9 Å². The molecule has 2 rings (SSSR count). The molecule has 1 fully saturated rings. The van der Waals surface area contributed by atoms with Crippen LogP contribution in [0.15, 0.2) is 12.1 Å². The van der Waals surface area contributed by atoms with Gasteiger partial charge in [-0.1, -0.05) is 0 Å². The highest BCUT2D eigenvalue weighted by Crippen LogP contribution is 2.20. The van der Waals surface area contributed by atoms with Crippen LogP contribution >= 0.6 is 11.3 Å². The number of likely N-dealkylation sites (N-methyl/N-ethyl adjacent to an activating group) is 1. The fourth-order valence-corrected chi connectivity index (χ4v) is 2.74. The zero-order chi connectivity index (χ0) is 14.7. The standard InChI is InChI=1S/C12H14N2O5S/c1-13-10(15)7-6-19-5-4-14(7)11(16)8-2-3-9(20-8)12(17)18/h2-3,7H,4-6H2,1H3,(H,13,15)(H,17,18). The SMILES string of the molecule is CNC(=O)C1COCCN1C(=O)c1ccc(C(=O)O)s1. The Labute approximate surface area is 119 Å². The molecule has 0 aliphatic carbocycles. The van der Waals surface area contributed by atoms with Gasteiger partial charge in [0, 0.05) is 13.6 Å². The van der Waals surface area contributed by atoms with E-state index in [9.17, 15) is 14.4 Å². The fourth-order valence-electron chi connectivity index (χ4n) is 1.94. The lowest BCUT2D eigenvalue weighted by Gasteiger charge is -2.33. The number of nitrogens with zero attached hydrogens (tertiary/aromatic N) is 1. The maximum Gasteiger partial charge on any atom is 0.345 e. The van der Waals surface area contributed by atoms with Crippen molar-refractivity contribution in [1.82, 2.24) is 10.2 Å². The summed E-state index contributed by atoms with van der Waals surface area (Å²) in [6.07, 6.45) is 0. The van der Waals surface area contributed by atoms with Gasteiger partial charge in [0.25, 0.3) is 5.91 Å². The van der Waals surface area contributed by atoms with Crippen molar-refractivity contribution in [3.63, 3.8) is 0 Å². The highest BCUT2D eigenvalue weighted by molar-refractivity contribution is 7.15. The summed E-state index contributed by atoms with van der Waals surface area (Å²) >= 11 is 0.901. The molecule has 2 N–H and O–H groups in total. The van der Waals surface area contributed by atoms with Crippen LogP contribution in [-0.4, -0.2) is 60.6 Å². The molecule has 1 atom stereocenters.